The first-order valence-electron chi connectivity index (χ1n) is 17.0. The molecule has 1 saturated heterocycles. The molecule has 5 rings (SSSR count). The molecule has 3 aromatic carbocycles. The van der Waals surface area contributed by atoms with Crippen LogP contribution in [0.4, 0.5) is 4.79 Å². The van der Waals surface area contributed by atoms with E-state index in [1.165, 1.54) is 10.5 Å². The fraction of sp³-hybridized carbons (Fsp3) is 0.462. The van der Waals surface area contributed by atoms with Crippen LogP contribution in [-0.4, -0.2) is 61.3 Å². The summed E-state index contributed by atoms with van der Waals surface area (Å²) in [6.07, 6.45) is 3.74. The third-order valence-electron chi connectivity index (χ3n) is 9.49. The number of hydrogen-bond acceptors (Lipinski definition) is 6. The van der Waals surface area contributed by atoms with Crippen LogP contribution in [0.2, 0.25) is 0 Å². The molecule has 48 heavy (non-hydrogen) atoms. The molecule has 256 valence electrons. The van der Waals surface area contributed by atoms with E-state index in [-0.39, 0.29) is 24.9 Å². The highest BCUT2D eigenvalue weighted by atomic mass is 16.6. The van der Waals surface area contributed by atoms with Gasteiger partial charge in [0.05, 0.1) is 5.92 Å². The van der Waals surface area contributed by atoms with Gasteiger partial charge in [0.2, 0.25) is 11.8 Å². The van der Waals surface area contributed by atoms with Crippen LogP contribution in [0.25, 0.3) is 0 Å². The Morgan fingerprint density at radius 2 is 1.56 bits per heavy atom. The second kappa shape index (κ2) is 15.2. The van der Waals surface area contributed by atoms with E-state index < -0.39 is 35.0 Å². The lowest BCUT2D eigenvalue weighted by Gasteiger charge is -2.44. The molecular weight excluding hydrogens is 606 g/mol. The van der Waals surface area contributed by atoms with Gasteiger partial charge < -0.3 is 25.3 Å². The average Bonchev–Trinajstić information content (AvgIpc) is 3.07. The lowest BCUT2D eigenvalue weighted by atomic mass is 9.69. The Balaban J connectivity index is 1.46. The van der Waals surface area contributed by atoms with E-state index in [4.69, 9.17) is 19.9 Å². The number of rotatable bonds is 12. The molecule has 3 aromatic rings. The third kappa shape index (κ3) is 8.01. The second-order valence-electron chi connectivity index (χ2n) is 14.1. The van der Waals surface area contributed by atoms with E-state index >= 15 is 0 Å². The van der Waals surface area contributed by atoms with Crippen LogP contribution in [0, 0.1) is 11.8 Å². The number of fused-ring (bicyclic) bond motifs is 2. The Morgan fingerprint density at radius 3 is 2.17 bits per heavy atom. The van der Waals surface area contributed by atoms with Gasteiger partial charge in [-0.2, -0.15) is 0 Å². The minimum atomic E-state index is -1.14. The molecule has 2 heterocycles. The van der Waals surface area contributed by atoms with Crippen molar-refractivity contribution in [3.05, 3.63) is 95.6 Å². The first-order chi connectivity index (χ1) is 23.0. The normalized spacial score (nSPS) is 19.8. The fourth-order valence-corrected chi connectivity index (χ4v) is 7.26. The molecule has 2 aliphatic heterocycles. The molecule has 0 bridgehead atoms. The van der Waals surface area contributed by atoms with Gasteiger partial charge in [-0.05, 0) is 82.9 Å². The number of methoxy groups -OCH3 is 1. The molecule has 3 amide bonds. The number of unbranched alkanes of at least 4 members (excludes halogenated alkanes) is 1. The number of carbonyl (C=O) groups excluding carboxylic acids is 3. The van der Waals surface area contributed by atoms with Crippen molar-refractivity contribution in [1.82, 2.24) is 10.2 Å². The van der Waals surface area contributed by atoms with Gasteiger partial charge in [-0.25, -0.2) is 4.79 Å². The van der Waals surface area contributed by atoms with Crippen LogP contribution in [0.5, 0.6) is 11.5 Å². The third-order valence-corrected chi connectivity index (χ3v) is 9.49. The van der Waals surface area contributed by atoms with E-state index in [1.807, 2.05) is 54.6 Å². The number of ether oxygens (including phenoxy) is 3. The minimum absolute atomic E-state index is 0.0448. The summed E-state index contributed by atoms with van der Waals surface area (Å²) < 4.78 is 17.4. The lowest BCUT2D eigenvalue weighted by Crippen LogP contribution is -2.61. The van der Waals surface area contributed by atoms with Gasteiger partial charge >= 0.3 is 6.09 Å². The number of aryl methyl sites for hydroxylation is 1. The van der Waals surface area contributed by atoms with E-state index in [2.05, 4.69) is 29.6 Å². The summed E-state index contributed by atoms with van der Waals surface area (Å²) in [6.45, 7) is 6.53. The highest BCUT2D eigenvalue weighted by molar-refractivity contribution is 5.92. The molecule has 1 fully saturated rings. The van der Waals surface area contributed by atoms with Crippen LogP contribution in [-0.2, 0) is 30.9 Å². The Kier molecular flexibility index (Phi) is 11.1. The molecule has 9 nitrogen and oxygen atoms in total. The number of piperidine rings is 1. The number of primary amides is 1. The first-order valence-corrected chi connectivity index (χ1v) is 17.0. The summed E-state index contributed by atoms with van der Waals surface area (Å²) in [4.78, 5) is 42.5. The van der Waals surface area contributed by atoms with Gasteiger partial charge in [0, 0.05) is 43.3 Å². The smallest absolute Gasteiger partial charge is 0.411 e. The van der Waals surface area contributed by atoms with Crippen LogP contribution in [0.3, 0.4) is 0 Å². The molecule has 0 saturated carbocycles. The first kappa shape index (κ1) is 35.0. The van der Waals surface area contributed by atoms with E-state index in [9.17, 15) is 14.4 Å². The topological polar surface area (TPSA) is 120 Å². The molecule has 0 aliphatic carbocycles. The SMILES string of the molecule is COCCCCC1(CNC(=O)[C@H]2C[C@@H](CCc3ccccc3)CN(C(=O)OC(C)(C)C)C2C(N)=O)c2ccccc2Oc2ccccc21. The molecule has 0 aromatic heterocycles. The zero-order valence-electron chi connectivity index (χ0n) is 28.6. The predicted molar refractivity (Wildman–Crippen MR) is 185 cm³/mol. The quantitative estimate of drug-likeness (QED) is 0.219. The van der Waals surface area contributed by atoms with Gasteiger partial charge in [0.15, 0.2) is 0 Å². The highest BCUT2D eigenvalue weighted by Gasteiger charge is 2.48. The van der Waals surface area contributed by atoms with Gasteiger partial charge in [0.25, 0.3) is 0 Å². The van der Waals surface area contributed by atoms with E-state index in [0.717, 1.165) is 54.7 Å². The maximum atomic E-state index is 14.4. The summed E-state index contributed by atoms with van der Waals surface area (Å²) in [5.74, 6) is -0.422. The molecule has 2 aliphatic rings. The van der Waals surface area contributed by atoms with Crippen molar-refractivity contribution in [3.8, 4) is 11.5 Å². The van der Waals surface area contributed by atoms with Crippen molar-refractivity contribution in [2.24, 2.45) is 17.6 Å². The van der Waals surface area contributed by atoms with Crippen LogP contribution < -0.4 is 15.8 Å². The van der Waals surface area contributed by atoms with Crippen molar-refractivity contribution >= 4 is 17.9 Å². The summed E-state index contributed by atoms with van der Waals surface area (Å²) in [6, 6.07) is 24.9. The second-order valence-corrected chi connectivity index (χ2v) is 14.1. The van der Waals surface area contributed by atoms with Crippen molar-refractivity contribution in [2.45, 2.75) is 76.4 Å². The summed E-state index contributed by atoms with van der Waals surface area (Å²) in [5, 5.41) is 3.26. The molecule has 1 unspecified atom stereocenters. The van der Waals surface area contributed by atoms with Gasteiger partial charge in [0.1, 0.15) is 23.1 Å². The standard InChI is InChI=1S/C39H49N3O6/c1-38(2,3)48-37(45)42-25-28(21-20-27-14-6-5-7-15-27)24-29(34(42)35(40)43)36(44)41-26-39(22-12-13-23-46-4)30-16-8-10-18-32(30)47-33-19-11-9-17-31(33)39/h5-11,14-19,28-29,34H,12-13,20-26H2,1-4H3,(H2,40,43)(H,41,44)/t28-,29+,34?/m1/s1. The van der Waals surface area contributed by atoms with Crippen molar-refractivity contribution in [3.63, 3.8) is 0 Å². The molecule has 0 spiro atoms. The van der Waals surface area contributed by atoms with Gasteiger partial charge in [-0.1, -0.05) is 66.7 Å². The summed E-state index contributed by atoms with van der Waals surface area (Å²) in [7, 11) is 1.70. The monoisotopic (exact) mass is 655 g/mol. The Morgan fingerprint density at radius 1 is 0.938 bits per heavy atom. The lowest BCUT2D eigenvalue weighted by molar-refractivity contribution is -0.138. The van der Waals surface area contributed by atoms with Crippen molar-refractivity contribution in [2.75, 3.05) is 26.8 Å². The van der Waals surface area contributed by atoms with Gasteiger partial charge in [-0.15, -0.1) is 0 Å². The van der Waals surface area contributed by atoms with Crippen molar-refractivity contribution in [1.29, 1.82) is 0 Å². The number of benzene rings is 3. The largest absolute Gasteiger partial charge is 0.457 e. The Labute approximate surface area is 284 Å². The summed E-state index contributed by atoms with van der Waals surface area (Å²) >= 11 is 0. The average molecular weight is 656 g/mol. The summed E-state index contributed by atoms with van der Waals surface area (Å²) in [5.41, 5.74) is 7.77. The van der Waals surface area contributed by atoms with E-state index in [1.54, 1.807) is 27.9 Å². The maximum Gasteiger partial charge on any atom is 0.411 e. The number of carbonyl (C=O) groups is 3. The van der Waals surface area contributed by atoms with Crippen LogP contribution in [0.15, 0.2) is 78.9 Å². The number of likely N-dealkylation sites (tertiary alicyclic amines) is 1. The minimum Gasteiger partial charge on any atom is -0.457 e. The zero-order chi connectivity index (χ0) is 34.3. The number of amides is 3. The Bertz CT molecular complexity index is 1520. The Hall–Kier alpha value is -4.37. The number of hydrogen-bond donors (Lipinski definition) is 2. The number of nitrogens with one attached hydrogen (secondary N) is 1. The number of nitrogens with two attached hydrogens (primary N) is 1. The highest BCUT2D eigenvalue weighted by Crippen LogP contribution is 2.50. The predicted octanol–water partition coefficient (Wildman–Crippen LogP) is 6.37. The molecule has 9 heteroatoms. The fourth-order valence-electron chi connectivity index (χ4n) is 7.26. The maximum absolute atomic E-state index is 14.4. The molecular formula is C39H49N3O6. The molecule has 3 atom stereocenters. The molecule has 0 radical (unpaired) electrons. The van der Waals surface area contributed by atoms with Crippen LogP contribution in [0.1, 0.15) is 69.6 Å². The van der Waals surface area contributed by atoms with Crippen molar-refractivity contribution < 1.29 is 28.6 Å². The van der Waals surface area contributed by atoms with Crippen LogP contribution >= 0.6 is 0 Å². The van der Waals surface area contributed by atoms with Gasteiger partial charge in [-0.3, -0.25) is 14.5 Å². The molecule has 3 N–H and O–H groups in total. The van der Waals surface area contributed by atoms with E-state index in [0.29, 0.717) is 13.0 Å². The number of nitrogens with zero attached hydrogens (tertiary/aromatic N) is 1. The number of para-hydroxylation sites is 2. The zero-order valence-corrected chi connectivity index (χ0v) is 28.6.